The van der Waals surface area contributed by atoms with Crippen LogP contribution in [-0.4, -0.2) is 24.1 Å². The Labute approximate surface area is 361 Å². The van der Waals surface area contributed by atoms with Crippen LogP contribution in [0.4, 0.5) is 0 Å². The van der Waals surface area contributed by atoms with Gasteiger partial charge in [-0.25, -0.2) is 15.0 Å². The van der Waals surface area contributed by atoms with Gasteiger partial charge in [-0.15, -0.1) is 0 Å². The van der Waals surface area contributed by atoms with Gasteiger partial charge >= 0.3 is 0 Å². The average molecular weight is 806 g/mol. The van der Waals surface area contributed by atoms with Gasteiger partial charge in [0.05, 0.1) is 27.8 Å². The van der Waals surface area contributed by atoms with Crippen LogP contribution >= 0.6 is 0 Å². The van der Waals surface area contributed by atoms with E-state index in [9.17, 15) is 0 Å². The summed E-state index contributed by atoms with van der Waals surface area (Å²) in [6.07, 6.45) is 0. The first-order valence-electron chi connectivity index (χ1n) is 21.2. The van der Waals surface area contributed by atoms with Crippen molar-refractivity contribution in [3.8, 4) is 56.7 Å². The minimum atomic E-state index is 0.583. The molecule has 0 aliphatic rings. The third kappa shape index (κ3) is 5.55. The van der Waals surface area contributed by atoms with E-state index in [0.29, 0.717) is 17.5 Å². The standard InChI is InChI=1S/C57H35N5O/c1-5-16-36(17-6-1)39-28-30-43-42-24-13-14-26-48(42)62(50(43)34-39)49-27-15-25-45-46-32-33-47-44-31-29-40(35-51(44)63-54(47)53(46)61(52(45)49)41-22-11-4-12-23-41)57-59-55(37-18-7-2-8-19-37)58-56(60-57)38-20-9-3-10-21-38/h1-35H. The number of hydrogen-bond donors (Lipinski definition) is 0. The fourth-order valence-electron chi connectivity index (χ4n) is 9.49. The number of fused-ring (bicyclic) bond motifs is 10. The summed E-state index contributed by atoms with van der Waals surface area (Å²) < 4.78 is 11.9. The highest BCUT2D eigenvalue weighted by Crippen LogP contribution is 2.44. The van der Waals surface area contributed by atoms with Gasteiger partial charge < -0.3 is 13.6 Å². The number of furan rings is 1. The van der Waals surface area contributed by atoms with Gasteiger partial charge in [0.1, 0.15) is 5.58 Å². The molecule has 63 heavy (non-hydrogen) atoms. The first-order chi connectivity index (χ1) is 31.2. The van der Waals surface area contributed by atoms with E-state index in [1.54, 1.807) is 0 Å². The molecule has 0 bridgehead atoms. The molecule has 13 rings (SSSR count). The maximum Gasteiger partial charge on any atom is 0.164 e. The first kappa shape index (κ1) is 35.2. The first-order valence-corrected chi connectivity index (χ1v) is 21.2. The van der Waals surface area contributed by atoms with Gasteiger partial charge in [-0.1, -0.05) is 164 Å². The van der Waals surface area contributed by atoms with Gasteiger partial charge in [-0.05, 0) is 59.7 Å². The molecule has 0 saturated heterocycles. The van der Waals surface area contributed by atoms with Crippen molar-refractivity contribution in [1.29, 1.82) is 0 Å². The van der Waals surface area contributed by atoms with E-state index < -0.39 is 0 Å². The molecule has 0 amide bonds. The van der Waals surface area contributed by atoms with Crippen molar-refractivity contribution in [3.05, 3.63) is 212 Å². The Balaban J connectivity index is 1.07. The van der Waals surface area contributed by atoms with Crippen LogP contribution in [0, 0.1) is 0 Å². The molecular weight excluding hydrogens is 771 g/mol. The lowest BCUT2D eigenvalue weighted by atomic mass is 10.0. The molecule has 9 aromatic carbocycles. The van der Waals surface area contributed by atoms with Gasteiger partial charge in [0.25, 0.3) is 0 Å². The highest BCUT2D eigenvalue weighted by molar-refractivity contribution is 6.23. The molecule has 6 heteroatoms. The van der Waals surface area contributed by atoms with Crippen molar-refractivity contribution < 1.29 is 4.42 Å². The minimum absolute atomic E-state index is 0.583. The molecule has 0 fully saturated rings. The molecule has 0 saturated carbocycles. The van der Waals surface area contributed by atoms with Crippen LogP contribution in [0.3, 0.4) is 0 Å². The van der Waals surface area contributed by atoms with Crippen molar-refractivity contribution in [2.24, 2.45) is 0 Å². The second-order valence-corrected chi connectivity index (χ2v) is 16.0. The normalized spacial score (nSPS) is 11.8. The molecule has 13 aromatic rings. The fraction of sp³-hybridized carbons (Fsp3) is 0. The maximum atomic E-state index is 7.09. The van der Waals surface area contributed by atoms with Gasteiger partial charge in [0.15, 0.2) is 23.1 Å². The fourth-order valence-corrected chi connectivity index (χ4v) is 9.49. The van der Waals surface area contributed by atoms with E-state index in [1.165, 1.54) is 21.9 Å². The largest absolute Gasteiger partial charge is 0.454 e. The molecule has 0 radical (unpaired) electrons. The Morgan fingerprint density at radius 3 is 1.56 bits per heavy atom. The van der Waals surface area contributed by atoms with E-state index in [0.717, 1.165) is 82.8 Å². The lowest BCUT2D eigenvalue weighted by molar-refractivity contribution is 0.671. The van der Waals surface area contributed by atoms with Crippen molar-refractivity contribution in [3.63, 3.8) is 0 Å². The van der Waals surface area contributed by atoms with E-state index in [2.05, 4.69) is 161 Å². The summed E-state index contributed by atoms with van der Waals surface area (Å²) in [6.45, 7) is 0. The van der Waals surface area contributed by atoms with Crippen molar-refractivity contribution >= 4 is 65.6 Å². The molecule has 0 spiro atoms. The molecule has 294 valence electrons. The number of hydrogen-bond acceptors (Lipinski definition) is 4. The third-order valence-corrected chi connectivity index (χ3v) is 12.4. The highest BCUT2D eigenvalue weighted by atomic mass is 16.3. The van der Waals surface area contributed by atoms with Gasteiger partial charge in [0, 0.05) is 54.7 Å². The summed E-state index contributed by atoms with van der Waals surface area (Å²) >= 11 is 0. The smallest absolute Gasteiger partial charge is 0.164 e. The highest BCUT2D eigenvalue weighted by Gasteiger charge is 2.24. The van der Waals surface area contributed by atoms with E-state index >= 15 is 0 Å². The summed E-state index contributed by atoms with van der Waals surface area (Å²) in [6, 6.07) is 74.5. The molecule has 0 unspecified atom stereocenters. The van der Waals surface area contributed by atoms with Crippen LogP contribution in [0.2, 0.25) is 0 Å². The summed E-state index contributed by atoms with van der Waals surface area (Å²) in [7, 11) is 0. The third-order valence-electron chi connectivity index (χ3n) is 12.4. The second-order valence-electron chi connectivity index (χ2n) is 16.0. The molecule has 6 nitrogen and oxygen atoms in total. The summed E-state index contributed by atoms with van der Waals surface area (Å²) in [4.78, 5) is 15.0. The summed E-state index contributed by atoms with van der Waals surface area (Å²) in [5, 5.41) is 6.76. The lowest BCUT2D eigenvalue weighted by Gasteiger charge is -2.14. The van der Waals surface area contributed by atoms with Gasteiger partial charge in [0.2, 0.25) is 0 Å². The Kier molecular flexibility index (Phi) is 7.80. The van der Waals surface area contributed by atoms with Gasteiger partial charge in [-0.3, -0.25) is 0 Å². The number of aromatic nitrogens is 5. The van der Waals surface area contributed by atoms with Crippen LogP contribution in [0.15, 0.2) is 217 Å². The number of nitrogens with zero attached hydrogens (tertiary/aromatic N) is 5. The number of benzene rings is 9. The van der Waals surface area contributed by atoms with Crippen LogP contribution in [0.5, 0.6) is 0 Å². The SMILES string of the molecule is c1ccc(-c2ccc3c4ccccc4n(-c4cccc5c6ccc7c8ccc(-c9nc(-c%10ccccc%10)nc(-c%10ccccc%10)n9)cc8oc7c6n(-c6ccccc6)c45)c3c2)cc1. The maximum absolute atomic E-state index is 7.09. The van der Waals surface area contributed by atoms with Crippen molar-refractivity contribution in [1.82, 2.24) is 24.1 Å². The average Bonchev–Trinajstić information content (AvgIpc) is 4.02. The van der Waals surface area contributed by atoms with Crippen LogP contribution < -0.4 is 0 Å². The van der Waals surface area contributed by atoms with E-state index in [1.807, 2.05) is 60.7 Å². The Morgan fingerprint density at radius 2 is 0.841 bits per heavy atom. The zero-order valence-electron chi connectivity index (χ0n) is 33.9. The van der Waals surface area contributed by atoms with Crippen LogP contribution in [0.1, 0.15) is 0 Å². The number of rotatable bonds is 6. The van der Waals surface area contributed by atoms with E-state index in [-0.39, 0.29) is 0 Å². The van der Waals surface area contributed by atoms with Gasteiger partial charge in [-0.2, -0.15) is 0 Å². The quantitative estimate of drug-likeness (QED) is 0.168. The predicted octanol–water partition coefficient (Wildman–Crippen LogP) is 14.6. The summed E-state index contributed by atoms with van der Waals surface area (Å²) in [5.74, 6) is 1.82. The van der Waals surface area contributed by atoms with Crippen LogP contribution in [-0.2, 0) is 0 Å². The molecule has 0 atom stereocenters. The molecule has 0 aliphatic heterocycles. The second kappa shape index (κ2) is 14.0. The molecule has 4 heterocycles. The molecule has 0 N–H and O–H groups in total. The van der Waals surface area contributed by atoms with E-state index in [4.69, 9.17) is 19.4 Å². The zero-order chi connectivity index (χ0) is 41.4. The Morgan fingerprint density at radius 1 is 0.317 bits per heavy atom. The Bertz CT molecular complexity index is 3830. The van der Waals surface area contributed by atoms with Crippen molar-refractivity contribution in [2.45, 2.75) is 0 Å². The minimum Gasteiger partial charge on any atom is -0.454 e. The molecule has 4 aromatic heterocycles. The molecule has 0 aliphatic carbocycles. The molecular formula is C57H35N5O. The van der Waals surface area contributed by atoms with Crippen molar-refractivity contribution in [2.75, 3.05) is 0 Å². The lowest BCUT2D eigenvalue weighted by Crippen LogP contribution is -2.00. The Hall–Kier alpha value is -8.61. The zero-order valence-corrected chi connectivity index (χ0v) is 33.9. The summed E-state index contributed by atoms with van der Waals surface area (Å²) in [5.41, 5.74) is 13.2. The predicted molar refractivity (Wildman–Crippen MR) is 258 cm³/mol. The van der Waals surface area contributed by atoms with Crippen LogP contribution in [0.25, 0.3) is 122 Å². The monoisotopic (exact) mass is 805 g/mol. The number of para-hydroxylation sites is 3. The topological polar surface area (TPSA) is 61.7 Å².